The van der Waals surface area contributed by atoms with Crippen molar-refractivity contribution in [1.29, 1.82) is 0 Å². The van der Waals surface area contributed by atoms with E-state index < -0.39 is 12.6 Å². The molecule has 2 aromatic rings. The lowest BCUT2D eigenvalue weighted by Gasteiger charge is -2.14. The Balaban J connectivity index is 2.62. The van der Waals surface area contributed by atoms with Crippen LogP contribution in [-0.4, -0.2) is 15.7 Å². The van der Waals surface area contributed by atoms with Crippen LogP contribution in [0.3, 0.4) is 0 Å². The lowest BCUT2D eigenvalue weighted by Crippen LogP contribution is -2.17. The first-order valence-corrected chi connectivity index (χ1v) is 5.61. The van der Waals surface area contributed by atoms with E-state index in [2.05, 4.69) is 4.98 Å². The second kappa shape index (κ2) is 4.19. The molecule has 1 heterocycles. The van der Waals surface area contributed by atoms with E-state index in [1.807, 2.05) is 13.8 Å². The van der Waals surface area contributed by atoms with Gasteiger partial charge in [0.15, 0.2) is 0 Å². The van der Waals surface area contributed by atoms with Crippen molar-refractivity contribution in [1.82, 2.24) is 9.55 Å². The lowest BCUT2D eigenvalue weighted by molar-refractivity contribution is -0.129. The predicted octanol–water partition coefficient (Wildman–Crippen LogP) is 3.30. The molecule has 0 bridgehead atoms. The van der Waals surface area contributed by atoms with Crippen LogP contribution in [0, 0.1) is 0 Å². The summed E-state index contributed by atoms with van der Waals surface area (Å²) in [4.78, 5) is 4.05. The average molecular weight is 257 g/mol. The Labute approximate surface area is 102 Å². The van der Waals surface area contributed by atoms with E-state index in [1.54, 1.807) is 22.8 Å². The number of hydrogen-bond donors (Lipinski definition) is 1. The molecule has 0 amide bonds. The highest BCUT2D eigenvalue weighted by Crippen LogP contribution is 2.27. The van der Waals surface area contributed by atoms with Crippen molar-refractivity contribution >= 4 is 16.7 Å². The third-order valence-corrected chi connectivity index (χ3v) is 2.66. The summed E-state index contributed by atoms with van der Waals surface area (Å²) in [6, 6.07) is 4.83. The number of halogens is 3. The molecule has 0 saturated carbocycles. The van der Waals surface area contributed by atoms with Crippen LogP contribution in [0.25, 0.3) is 11.0 Å². The lowest BCUT2D eigenvalue weighted by atomic mass is 10.2. The number of rotatable bonds is 2. The van der Waals surface area contributed by atoms with Crippen LogP contribution >= 0.6 is 0 Å². The van der Waals surface area contributed by atoms with Gasteiger partial charge in [-0.25, -0.2) is 4.98 Å². The van der Waals surface area contributed by atoms with Gasteiger partial charge in [-0.05, 0) is 32.0 Å². The number of imidazole rings is 1. The zero-order valence-electron chi connectivity index (χ0n) is 10.1. The molecule has 18 heavy (non-hydrogen) atoms. The van der Waals surface area contributed by atoms with Gasteiger partial charge in [-0.3, -0.25) is 0 Å². The smallest absolute Gasteiger partial charge is 0.396 e. The van der Waals surface area contributed by atoms with Crippen molar-refractivity contribution in [3.63, 3.8) is 0 Å². The van der Waals surface area contributed by atoms with Crippen molar-refractivity contribution in [2.75, 3.05) is 5.73 Å². The van der Waals surface area contributed by atoms with Gasteiger partial charge in [0.05, 0.1) is 11.0 Å². The molecular weight excluding hydrogens is 243 g/mol. The fourth-order valence-corrected chi connectivity index (χ4v) is 2.04. The molecule has 0 atom stereocenters. The zero-order chi connectivity index (χ0) is 13.5. The fraction of sp³-hybridized carbons (Fsp3) is 0.417. The van der Waals surface area contributed by atoms with Crippen LogP contribution in [0.15, 0.2) is 18.2 Å². The van der Waals surface area contributed by atoms with Crippen LogP contribution in [0.5, 0.6) is 0 Å². The fourth-order valence-electron chi connectivity index (χ4n) is 2.04. The summed E-state index contributed by atoms with van der Waals surface area (Å²) in [7, 11) is 0. The Morgan fingerprint density at radius 1 is 1.33 bits per heavy atom. The van der Waals surface area contributed by atoms with Gasteiger partial charge < -0.3 is 10.3 Å². The van der Waals surface area contributed by atoms with E-state index in [-0.39, 0.29) is 11.9 Å². The summed E-state index contributed by atoms with van der Waals surface area (Å²) >= 11 is 0. The maximum atomic E-state index is 12.5. The maximum Gasteiger partial charge on any atom is 0.396 e. The Kier molecular flexibility index (Phi) is 2.96. The molecule has 1 aromatic carbocycles. The molecule has 0 spiro atoms. The van der Waals surface area contributed by atoms with Crippen LogP contribution in [0.4, 0.5) is 18.9 Å². The Morgan fingerprint density at radius 2 is 2.00 bits per heavy atom. The topological polar surface area (TPSA) is 43.8 Å². The van der Waals surface area contributed by atoms with Crippen LogP contribution in [-0.2, 0) is 6.42 Å². The standard InChI is InChI=1S/C12H14F3N3/c1-7(2)18-10-5-8(16)3-4-9(10)17-11(18)6-12(13,14)15/h3-5,7H,6,16H2,1-2H3. The van der Waals surface area contributed by atoms with E-state index in [0.717, 1.165) is 0 Å². The SMILES string of the molecule is CC(C)n1c(CC(F)(F)F)nc2ccc(N)cc21. The quantitative estimate of drug-likeness (QED) is 0.839. The van der Waals surface area contributed by atoms with E-state index in [1.165, 1.54) is 0 Å². The molecule has 3 nitrogen and oxygen atoms in total. The van der Waals surface area contributed by atoms with E-state index in [9.17, 15) is 13.2 Å². The van der Waals surface area contributed by atoms with Crippen molar-refractivity contribution in [3.05, 3.63) is 24.0 Å². The Morgan fingerprint density at radius 3 is 2.56 bits per heavy atom. The van der Waals surface area contributed by atoms with Crippen LogP contribution in [0.2, 0.25) is 0 Å². The second-order valence-corrected chi connectivity index (χ2v) is 4.53. The molecule has 98 valence electrons. The van der Waals surface area contributed by atoms with E-state index in [0.29, 0.717) is 16.7 Å². The first-order valence-electron chi connectivity index (χ1n) is 5.61. The Bertz CT molecular complexity index is 570. The second-order valence-electron chi connectivity index (χ2n) is 4.53. The predicted molar refractivity (Wildman–Crippen MR) is 64.3 cm³/mol. The number of nitrogens with two attached hydrogens (primary N) is 1. The van der Waals surface area contributed by atoms with E-state index >= 15 is 0 Å². The van der Waals surface area contributed by atoms with Gasteiger partial charge in [0.25, 0.3) is 0 Å². The molecule has 0 radical (unpaired) electrons. The molecule has 2 N–H and O–H groups in total. The normalized spacial score (nSPS) is 12.6. The summed E-state index contributed by atoms with van der Waals surface area (Å²) in [6.45, 7) is 3.65. The third kappa shape index (κ3) is 2.42. The number of fused-ring (bicyclic) bond motifs is 1. The van der Waals surface area contributed by atoms with E-state index in [4.69, 9.17) is 5.73 Å². The zero-order valence-corrected chi connectivity index (χ0v) is 10.1. The minimum absolute atomic E-state index is 0.0260. The average Bonchev–Trinajstić information content (AvgIpc) is 2.51. The number of anilines is 1. The molecule has 2 rings (SSSR count). The molecule has 6 heteroatoms. The highest BCUT2D eigenvalue weighted by atomic mass is 19.4. The largest absolute Gasteiger partial charge is 0.399 e. The Hall–Kier alpha value is -1.72. The van der Waals surface area contributed by atoms with Gasteiger partial charge >= 0.3 is 6.18 Å². The van der Waals surface area contributed by atoms with Gasteiger partial charge in [-0.15, -0.1) is 0 Å². The van der Waals surface area contributed by atoms with Crippen molar-refractivity contribution in [2.24, 2.45) is 0 Å². The summed E-state index contributed by atoms with van der Waals surface area (Å²) in [5.41, 5.74) is 7.36. The molecule has 0 aliphatic carbocycles. The van der Waals surface area contributed by atoms with Crippen molar-refractivity contribution in [2.45, 2.75) is 32.5 Å². The molecular formula is C12H14F3N3. The summed E-state index contributed by atoms with van der Waals surface area (Å²) < 4.78 is 39.1. The number of alkyl halides is 3. The summed E-state index contributed by atoms with van der Waals surface area (Å²) in [6.07, 6.45) is -5.29. The highest BCUT2D eigenvalue weighted by Gasteiger charge is 2.31. The number of benzene rings is 1. The molecule has 0 aliphatic rings. The van der Waals surface area contributed by atoms with Gasteiger partial charge in [-0.2, -0.15) is 13.2 Å². The molecule has 0 fully saturated rings. The molecule has 1 aromatic heterocycles. The minimum atomic E-state index is -4.26. The minimum Gasteiger partial charge on any atom is -0.399 e. The van der Waals surface area contributed by atoms with Gasteiger partial charge in [0.2, 0.25) is 0 Å². The van der Waals surface area contributed by atoms with Crippen molar-refractivity contribution < 1.29 is 13.2 Å². The number of nitrogen functional groups attached to an aromatic ring is 1. The molecule has 0 aliphatic heterocycles. The first kappa shape index (κ1) is 12.7. The highest BCUT2D eigenvalue weighted by molar-refractivity contribution is 5.79. The van der Waals surface area contributed by atoms with Gasteiger partial charge in [0, 0.05) is 11.7 Å². The van der Waals surface area contributed by atoms with Crippen molar-refractivity contribution in [3.8, 4) is 0 Å². The summed E-state index contributed by atoms with van der Waals surface area (Å²) in [5.74, 6) is 0.0260. The first-order chi connectivity index (χ1) is 8.28. The van der Waals surface area contributed by atoms with Crippen LogP contribution in [0.1, 0.15) is 25.7 Å². The maximum absolute atomic E-state index is 12.5. The van der Waals surface area contributed by atoms with Gasteiger partial charge in [0.1, 0.15) is 12.2 Å². The number of hydrogen-bond acceptors (Lipinski definition) is 2. The van der Waals surface area contributed by atoms with Gasteiger partial charge in [-0.1, -0.05) is 0 Å². The molecule has 0 unspecified atom stereocenters. The number of nitrogens with zero attached hydrogens (tertiary/aromatic N) is 2. The monoisotopic (exact) mass is 257 g/mol. The third-order valence-electron chi connectivity index (χ3n) is 2.66. The van der Waals surface area contributed by atoms with Crippen LogP contribution < -0.4 is 5.73 Å². The number of aromatic nitrogens is 2. The molecule has 0 saturated heterocycles. The summed E-state index contributed by atoms with van der Waals surface area (Å²) in [5, 5.41) is 0.